The second-order valence-corrected chi connectivity index (χ2v) is 5.16. The molecule has 1 atom stereocenters. The van der Waals surface area contributed by atoms with Gasteiger partial charge in [-0.05, 0) is 51.0 Å². The van der Waals surface area contributed by atoms with Crippen LogP contribution in [0.5, 0.6) is 0 Å². The van der Waals surface area contributed by atoms with Crippen molar-refractivity contribution in [1.29, 1.82) is 0 Å². The van der Waals surface area contributed by atoms with Crippen molar-refractivity contribution in [3.05, 3.63) is 35.9 Å². The number of nitrogens with one attached hydrogen (secondary N) is 1. The minimum atomic E-state index is 0.600. The summed E-state index contributed by atoms with van der Waals surface area (Å²) >= 11 is 0. The Kier molecular flexibility index (Phi) is 8.52. The lowest BCUT2D eigenvalue weighted by Gasteiger charge is -2.23. The molecule has 0 spiro atoms. The zero-order chi connectivity index (χ0) is 13.9. The average molecular weight is 262 g/mol. The van der Waals surface area contributed by atoms with Crippen molar-refractivity contribution < 1.29 is 0 Å². The van der Waals surface area contributed by atoms with Crippen molar-refractivity contribution in [2.24, 2.45) is 0 Å². The zero-order valence-corrected chi connectivity index (χ0v) is 12.9. The fourth-order valence-corrected chi connectivity index (χ4v) is 2.40. The summed E-state index contributed by atoms with van der Waals surface area (Å²) in [6.45, 7) is 11.4. The second kappa shape index (κ2) is 9.99. The molecule has 0 aliphatic rings. The van der Waals surface area contributed by atoms with Crippen LogP contribution in [0.4, 0.5) is 0 Å². The van der Waals surface area contributed by atoms with E-state index in [1.165, 1.54) is 24.9 Å². The molecular weight excluding hydrogens is 232 g/mol. The third-order valence-corrected chi connectivity index (χ3v) is 3.70. The highest BCUT2D eigenvalue weighted by Gasteiger charge is 2.10. The highest BCUT2D eigenvalue weighted by atomic mass is 15.1. The predicted octanol–water partition coefficient (Wildman–Crippen LogP) is 3.33. The third-order valence-electron chi connectivity index (χ3n) is 3.70. The van der Waals surface area contributed by atoms with Crippen LogP contribution in [-0.4, -0.2) is 37.1 Å². The molecule has 0 fully saturated rings. The van der Waals surface area contributed by atoms with Crippen LogP contribution in [0.2, 0.25) is 0 Å². The molecule has 19 heavy (non-hydrogen) atoms. The number of nitrogens with zero attached hydrogens (tertiary/aromatic N) is 1. The lowest BCUT2D eigenvalue weighted by Crippen LogP contribution is -2.36. The van der Waals surface area contributed by atoms with Gasteiger partial charge in [0.1, 0.15) is 0 Å². The molecule has 2 nitrogen and oxygen atoms in total. The van der Waals surface area contributed by atoms with Crippen molar-refractivity contribution in [1.82, 2.24) is 10.2 Å². The Balaban J connectivity index is 2.46. The van der Waals surface area contributed by atoms with Crippen LogP contribution in [0, 0.1) is 0 Å². The number of hydrogen-bond donors (Lipinski definition) is 1. The Bertz CT molecular complexity index is 306. The average Bonchev–Trinajstić information content (AvgIpc) is 2.46. The van der Waals surface area contributed by atoms with Crippen molar-refractivity contribution >= 4 is 0 Å². The van der Waals surface area contributed by atoms with Crippen LogP contribution in [0.15, 0.2) is 30.3 Å². The van der Waals surface area contributed by atoms with Crippen molar-refractivity contribution in [3.63, 3.8) is 0 Å². The quantitative estimate of drug-likeness (QED) is 0.696. The summed E-state index contributed by atoms with van der Waals surface area (Å²) in [6.07, 6.45) is 3.58. The van der Waals surface area contributed by atoms with E-state index in [-0.39, 0.29) is 0 Å². The molecule has 0 aliphatic heterocycles. The SMILES string of the molecule is CCCNC(CCN(CC)CC)Cc1ccccc1. The molecule has 0 heterocycles. The van der Waals surface area contributed by atoms with E-state index < -0.39 is 0 Å². The van der Waals surface area contributed by atoms with Crippen molar-refractivity contribution in [2.45, 2.75) is 46.1 Å². The van der Waals surface area contributed by atoms with E-state index >= 15 is 0 Å². The van der Waals surface area contributed by atoms with Crippen LogP contribution in [0.1, 0.15) is 39.2 Å². The Labute approximate surface area is 119 Å². The minimum Gasteiger partial charge on any atom is -0.314 e. The summed E-state index contributed by atoms with van der Waals surface area (Å²) in [7, 11) is 0. The van der Waals surface area contributed by atoms with Gasteiger partial charge in [0, 0.05) is 6.04 Å². The Morgan fingerprint density at radius 1 is 1.05 bits per heavy atom. The maximum absolute atomic E-state index is 3.69. The lowest BCUT2D eigenvalue weighted by molar-refractivity contribution is 0.280. The molecule has 0 saturated heterocycles. The molecule has 0 amide bonds. The fraction of sp³-hybridized carbons (Fsp3) is 0.647. The molecular formula is C17H30N2. The molecule has 1 aromatic rings. The fourth-order valence-electron chi connectivity index (χ4n) is 2.40. The van der Waals surface area contributed by atoms with Gasteiger partial charge in [0.15, 0.2) is 0 Å². The third kappa shape index (κ3) is 6.74. The molecule has 0 aliphatic carbocycles. The van der Waals surface area contributed by atoms with E-state index in [1.54, 1.807) is 0 Å². The molecule has 108 valence electrons. The molecule has 0 saturated carbocycles. The van der Waals surface area contributed by atoms with Crippen LogP contribution in [0.25, 0.3) is 0 Å². The standard InChI is InChI=1S/C17H30N2/c1-4-13-18-17(12-14-19(5-2)6-3)15-16-10-8-7-9-11-16/h7-11,17-18H,4-6,12-15H2,1-3H3. The Hall–Kier alpha value is -0.860. The van der Waals surface area contributed by atoms with Crippen LogP contribution >= 0.6 is 0 Å². The first-order valence-corrected chi connectivity index (χ1v) is 7.79. The molecule has 1 rings (SSSR count). The van der Waals surface area contributed by atoms with Gasteiger partial charge in [-0.25, -0.2) is 0 Å². The topological polar surface area (TPSA) is 15.3 Å². The van der Waals surface area contributed by atoms with Gasteiger partial charge in [0.25, 0.3) is 0 Å². The van der Waals surface area contributed by atoms with Gasteiger partial charge in [-0.1, -0.05) is 51.1 Å². The van der Waals surface area contributed by atoms with E-state index in [4.69, 9.17) is 0 Å². The summed E-state index contributed by atoms with van der Waals surface area (Å²) in [5.74, 6) is 0. The van der Waals surface area contributed by atoms with Gasteiger partial charge in [0.05, 0.1) is 0 Å². The minimum absolute atomic E-state index is 0.600. The second-order valence-electron chi connectivity index (χ2n) is 5.16. The molecule has 2 heteroatoms. The molecule has 1 aromatic carbocycles. The largest absolute Gasteiger partial charge is 0.314 e. The normalized spacial score (nSPS) is 12.8. The first-order valence-electron chi connectivity index (χ1n) is 7.79. The van der Waals surface area contributed by atoms with Gasteiger partial charge >= 0.3 is 0 Å². The predicted molar refractivity (Wildman–Crippen MR) is 84.6 cm³/mol. The number of benzene rings is 1. The van der Waals surface area contributed by atoms with Crippen LogP contribution < -0.4 is 5.32 Å². The highest BCUT2D eigenvalue weighted by Crippen LogP contribution is 2.07. The van der Waals surface area contributed by atoms with E-state index in [2.05, 4.69) is 61.3 Å². The highest BCUT2D eigenvalue weighted by molar-refractivity contribution is 5.15. The molecule has 0 aromatic heterocycles. The van der Waals surface area contributed by atoms with Crippen molar-refractivity contribution in [3.8, 4) is 0 Å². The number of hydrogen-bond acceptors (Lipinski definition) is 2. The van der Waals surface area contributed by atoms with Gasteiger partial charge < -0.3 is 10.2 Å². The van der Waals surface area contributed by atoms with E-state index in [1.807, 2.05) is 0 Å². The summed E-state index contributed by atoms with van der Waals surface area (Å²) in [4.78, 5) is 2.51. The van der Waals surface area contributed by atoms with E-state index in [9.17, 15) is 0 Å². The Morgan fingerprint density at radius 2 is 1.74 bits per heavy atom. The lowest BCUT2D eigenvalue weighted by atomic mass is 10.0. The smallest absolute Gasteiger partial charge is 0.0120 e. The summed E-state index contributed by atoms with van der Waals surface area (Å²) in [5, 5.41) is 3.69. The van der Waals surface area contributed by atoms with Gasteiger partial charge in [0.2, 0.25) is 0 Å². The Morgan fingerprint density at radius 3 is 2.32 bits per heavy atom. The van der Waals surface area contributed by atoms with Gasteiger partial charge in [-0.15, -0.1) is 0 Å². The first kappa shape index (κ1) is 16.2. The number of rotatable bonds is 10. The van der Waals surface area contributed by atoms with Crippen LogP contribution in [0.3, 0.4) is 0 Å². The zero-order valence-electron chi connectivity index (χ0n) is 12.9. The molecule has 0 bridgehead atoms. The van der Waals surface area contributed by atoms with Crippen molar-refractivity contribution in [2.75, 3.05) is 26.2 Å². The van der Waals surface area contributed by atoms with Gasteiger partial charge in [-0.3, -0.25) is 0 Å². The van der Waals surface area contributed by atoms with E-state index in [0.29, 0.717) is 6.04 Å². The monoisotopic (exact) mass is 262 g/mol. The molecule has 1 unspecified atom stereocenters. The first-order chi connectivity index (χ1) is 9.30. The van der Waals surface area contributed by atoms with E-state index in [0.717, 1.165) is 26.1 Å². The van der Waals surface area contributed by atoms with Gasteiger partial charge in [-0.2, -0.15) is 0 Å². The summed E-state index contributed by atoms with van der Waals surface area (Å²) in [5.41, 5.74) is 1.44. The maximum atomic E-state index is 3.69. The summed E-state index contributed by atoms with van der Waals surface area (Å²) < 4.78 is 0. The molecule has 0 radical (unpaired) electrons. The molecule has 1 N–H and O–H groups in total. The maximum Gasteiger partial charge on any atom is 0.0120 e. The summed E-state index contributed by atoms with van der Waals surface area (Å²) in [6, 6.07) is 11.4. The van der Waals surface area contributed by atoms with Crippen LogP contribution in [-0.2, 0) is 6.42 Å².